The molecule has 2 N–H and O–H groups in total. The molecule has 0 amide bonds. The van der Waals surface area contributed by atoms with Crippen LogP contribution in [-0.4, -0.2) is 24.3 Å². The number of ether oxygens (including phenoxy) is 2. The normalized spacial score (nSPS) is 14.4. The highest BCUT2D eigenvalue weighted by atomic mass is 16.5. The second-order valence-corrected chi connectivity index (χ2v) is 8.55. The molecule has 2 aromatic rings. The Kier molecular flexibility index (Phi) is 9.44. The van der Waals surface area contributed by atoms with Crippen molar-refractivity contribution in [2.24, 2.45) is 5.73 Å². The molecule has 0 spiro atoms. The van der Waals surface area contributed by atoms with Crippen molar-refractivity contribution in [3.05, 3.63) is 70.8 Å². The summed E-state index contributed by atoms with van der Waals surface area (Å²) in [5.41, 5.74) is 7.08. The molecule has 1 aliphatic heterocycles. The lowest BCUT2D eigenvalue weighted by Gasteiger charge is -2.18. The Balaban J connectivity index is 1.49. The van der Waals surface area contributed by atoms with E-state index in [0.717, 1.165) is 19.3 Å². The minimum atomic E-state index is -0.786. The molecule has 0 saturated carbocycles. The Morgan fingerprint density at radius 3 is 2.09 bits per heavy atom. The molecule has 0 bridgehead atoms. The Morgan fingerprint density at radius 1 is 0.824 bits per heavy atom. The quantitative estimate of drug-likeness (QED) is 0.140. The van der Waals surface area contributed by atoms with Crippen molar-refractivity contribution >= 4 is 23.4 Å². The predicted octanol–water partition coefficient (Wildman–Crippen LogP) is 5.85. The van der Waals surface area contributed by atoms with Crippen molar-refractivity contribution in [1.29, 1.82) is 0 Å². The highest BCUT2D eigenvalue weighted by Gasteiger charge is 2.33. The first-order valence-electron chi connectivity index (χ1n) is 12.2. The number of para-hydroxylation sites is 1. The van der Waals surface area contributed by atoms with Gasteiger partial charge in [-0.15, -0.1) is 0 Å². The summed E-state index contributed by atoms with van der Waals surface area (Å²) in [4.78, 5) is 37.5. The summed E-state index contributed by atoms with van der Waals surface area (Å²) >= 11 is 0. The van der Waals surface area contributed by atoms with Gasteiger partial charge in [-0.1, -0.05) is 82.6 Å². The minimum absolute atomic E-state index is 0.0131. The van der Waals surface area contributed by atoms with Crippen LogP contribution in [0, 0.1) is 0 Å². The first kappa shape index (κ1) is 25.2. The first-order valence-corrected chi connectivity index (χ1v) is 12.2. The van der Waals surface area contributed by atoms with Gasteiger partial charge in [0, 0.05) is 0 Å². The number of carbonyl (C=O) groups excluding carboxylic acids is 3. The lowest BCUT2D eigenvalue weighted by molar-refractivity contribution is -0.130. The highest BCUT2D eigenvalue weighted by molar-refractivity contribution is 6.31. The van der Waals surface area contributed by atoms with E-state index in [2.05, 4.69) is 6.92 Å². The molecule has 0 saturated heterocycles. The summed E-state index contributed by atoms with van der Waals surface area (Å²) in [5.74, 6) is -1.45. The molecule has 6 heteroatoms. The van der Waals surface area contributed by atoms with Gasteiger partial charge in [-0.3, -0.25) is 4.79 Å². The van der Waals surface area contributed by atoms with Crippen molar-refractivity contribution in [3.63, 3.8) is 0 Å². The number of ketones is 1. The summed E-state index contributed by atoms with van der Waals surface area (Å²) in [6.45, 7) is 2.61. The van der Waals surface area contributed by atoms with Gasteiger partial charge in [0.25, 0.3) is 0 Å². The van der Waals surface area contributed by atoms with Crippen LogP contribution in [-0.2, 0) is 9.53 Å². The topological polar surface area (TPSA) is 95.7 Å². The zero-order valence-corrected chi connectivity index (χ0v) is 19.8. The summed E-state index contributed by atoms with van der Waals surface area (Å²) in [7, 11) is 0. The molecule has 34 heavy (non-hydrogen) atoms. The van der Waals surface area contributed by atoms with E-state index in [1.807, 2.05) is 0 Å². The number of Topliss-reactive ketones (excluding diaryl/α,β-unsaturated/α-hetero) is 1. The number of hydrogen-bond donors (Lipinski definition) is 1. The Hall–Kier alpha value is -3.41. The second kappa shape index (κ2) is 12.7. The maximum atomic E-state index is 12.8. The van der Waals surface area contributed by atoms with Gasteiger partial charge in [0.2, 0.25) is 5.78 Å². The van der Waals surface area contributed by atoms with Crippen molar-refractivity contribution in [3.8, 4) is 5.75 Å². The number of nitrogens with two attached hydrogens (primary N) is 1. The predicted molar refractivity (Wildman–Crippen MR) is 131 cm³/mol. The van der Waals surface area contributed by atoms with Gasteiger partial charge in [0.1, 0.15) is 11.3 Å². The lowest BCUT2D eigenvalue weighted by atomic mass is 9.95. The third kappa shape index (κ3) is 6.56. The van der Waals surface area contributed by atoms with Crippen LogP contribution in [0.2, 0.25) is 0 Å². The summed E-state index contributed by atoms with van der Waals surface area (Å²) in [6, 6.07) is 12.9. The molecule has 6 nitrogen and oxygen atoms in total. The van der Waals surface area contributed by atoms with Crippen LogP contribution in [0.3, 0.4) is 0 Å². The average Bonchev–Trinajstić information content (AvgIpc) is 2.85. The number of esters is 2. The molecule has 0 atom stereocenters. The van der Waals surface area contributed by atoms with E-state index in [0.29, 0.717) is 17.7 Å². The zero-order chi connectivity index (χ0) is 24.3. The number of unbranched alkanes of at least 4 members (excludes halogenated alkanes) is 8. The van der Waals surface area contributed by atoms with Gasteiger partial charge in [0.05, 0.1) is 23.4 Å². The van der Waals surface area contributed by atoms with Crippen LogP contribution in [0.1, 0.15) is 91.0 Å². The fourth-order valence-electron chi connectivity index (χ4n) is 3.94. The maximum absolute atomic E-state index is 12.8. The number of hydrogen-bond acceptors (Lipinski definition) is 6. The molecule has 0 aliphatic carbocycles. The SMILES string of the molecule is CCCCCCCCCCCOC(=O)c1ccc(/C(N)=C2/C(=O)Oc3ccccc3C2=O)cc1. The van der Waals surface area contributed by atoms with E-state index < -0.39 is 17.7 Å². The molecule has 0 radical (unpaired) electrons. The third-order valence-electron chi connectivity index (χ3n) is 5.95. The van der Waals surface area contributed by atoms with Crippen molar-refractivity contribution < 1.29 is 23.9 Å². The first-order chi connectivity index (χ1) is 16.5. The summed E-state index contributed by atoms with van der Waals surface area (Å²) in [5, 5.41) is 0. The van der Waals surface area contributed by atoms with Gasteiger partial charge in [0.15, 0.2) is 0 Å². The van der Waals surface area contributed by atoms with Crippen molar-refractivity contribution in [2.75, 3.05) is 6.61 Å². The maximum Gasteiger partial charge on any atom is 0.349 e. The van der Waals surface area contributed by atoms with E-state index in [-0.39, 0.29) is 22.6 Å². The molecular formula is C28H33NO5. The molecule has 1 heterocycles. The van der Waals surface area contributed by atoms with E-state index in [1.54, 1.807) is 48.5 Å². The van der Waals surface area contributed by atoms with Crippen LogP contribution in [0.15, 0.2) is 54.1 Å². The standard InChI is InChI=1S/C28H33NO5/c1-2-3-4-5-6-7-8-9-12-19-33-27(31)21-17-15-20(16-18-21)25(29)24-26(30)22-13-10-11-14-23(22)34-28(24)32/h10-11,13-18H,2-9,12,19,29H2,1H3/b25-24-. The Labute approximate surface area is 201 Å². The van der Waals surface area contributed by atoms with Gasteiger partial charge in [-0.05, 0) is 36.2 Å². The summed E-state index contributed by atoms with van der Waals surface area (Å²) in [6.07, 6.45) is 10.8. The van der Waals surface area contributed by atoms with Gasteiger partial charge < -0.3 is 15.2 Å². The summed E-state index contributed by atoms with van der Waals surface area (Å²) < 4.78 is 10.6. The minimum Gasteiger partial charge on any atom is -0.462 e. The molecule has 0 fully saturated rings. The molecule has 0 unspecified atom stereocenters. The molecule has 3 rings (SSSR count). The van der Waals surface area contributed by atoms with Crippen molar-refractivity contribution in [1.82, 2.24) is 0 Å². The molecule has 180 valence electrons. The van der Waals surface area contributed by atoms with E-state index in [1.165, 1.54) is 38.5 Å². The fourth-order valence-corrected chi connectivity index (χ4v) is 3.94. The van der Waals surface area contributed by atoms with E-state index in [9.17, 15) is 14.4 Å². The number of rotatable bonds is 12. The van der Waals surface area contributed by atoms with Crippen LogP contribution in [0.5, 0.6) is 5.75 Å². The van der Waals surface area contributed by atoms with E-state index >= 15 is 0 Å². The third-order valence-corrected chi connectivity index (χ3v) is 5.95. The Morgan fingerprint density at radius 2 is 1.41 bits per heavy atom. The highest BCUT2D eigenvalue weighted by Crippen LogP contribution is 2.30. The number of fused-ring (bicyclic) bond motifs is 1. The number of carbonyl (C=O) groups is 3. The van der Waals surface area contributed by atoms with Gasteiger partial charge in [-0.25, -0.2) is 9.59 Å². The smallest absolute Gasteiger partial charge is 0.349 e. The van der Waals surface area contributed by atoms with Crippen molar-refractivity contribution in [2.45, 2.75) is 64.7 Å². The molecule has 1 aliphatic rings. The zero-order valence-electron chi connectivity index (χ0n) is 19.8. The second-order valence-electron chi connectivity index (χ2n) is 8.55. The van der Waals surface area contributed by atoms with Gasteiger partial charge >= 0.3 is 11.9 Å². The largest absolute Gasteiger partial charge is 0.462 e. The number of benzene rings is 2. The van der Waals surface area contributed by atoms with Crippen LogP contribution < -0.4 is 10.5 Å². The van der Waals surface area contributed by atoms with Crippen LogP contribution in [0.25, 0.3) is 5.70 Å². The van der Waals surface area contributed by atoms with E-state index in [4.69, 9.17) is 15.2 Å². The lowest BCUT2D eigenvalue weighted by Crippen LogP contribution is -2.28. The van der Waals surface area contributed by atoms with Crippen LogP contribution >= 0.6 is 0 Å². The van der Waals surface area contributed by atoms with Gasteiger partial charge in [-0.2, -0.15) is 0 Å². The fraction of sp³-hybridized carbons (Fsp3) is 0.393. The molecular weight excluding hydrogens is 430 g/mol. The molecule has 2 aromatic carbocycles. The monoisotopic (exact) mass is 463 g/mol. The molecule has 0 aromatic heterocycles. The Bertz CT molecular complexity index is 1040. The average molecular weight is 464 g/mol. The van der Waals surface area contributed by atoms with Crippen LogP contribution in [0.4, 0.5) is 0 Å².